The summed E-state index contributed by atoms with van der Waals surface area (Å²) in [6, 6.07) is 16.0. The predicted octanol–water partition coefficient (Wildman–Crippen LogP) is 4.75. The molecule has 0 saturated heterocycles. The molecule has 0 bridgehead atoms. The molecule has 33 heavy (non-hydrogen) atoms. The Bertz CT molecular complexity index is 1360. The lowest BCUT2D eigenvalue weighted by Gasteiger charge is -2.22. The Morgan fingerprint density at radius 2 is 2.00 bits per heavy atom. The molecule has 1 aliphatic heterocycles. The number of fused-ring (bicyclic) bond motifs is 1. The third-order valence-electron chi connectivity index (χ3n) is 5.95. The minimum atomic E-state index is 0.194. The van der Waals surface area contributed by atoms with E-state index in [2.05, 4.69) is 11.1 Å². The van der Waals surface area contributed by atoms with Gasteiger partial charge in [0.2, 0.25) is 0 Å². The molecule has 2 aromatic carbocycles. The van der Waals surface area contributed by atoms with Crippen LogP contribution in [-0.2, 0) is 6.54 Å². The van der Waals surface area contributed by atoms with Crippen LogP contribution in [0.1, 0.15) is 52.8 Å². The fourth-order valence-electron chi connectivity index (χ4n) is 4.28. The van der Waals surface area contributed by atoms with Crippen LogP contribution in [-0.4, -0.2) is 31.4 Å². The first-order valence-corrected chi connectivity index (χ1v) is 11.0. The lowest BCUT2D eigenvalue weighted by atomic mass is 9.91. The highest BCUT2D eigenvalue weighted by Crippen LogP contribution is 2.32. The van der Waals surface area contributed by atoms with Gasteiger partial charge < -0.3 is 9.30 Å². The number of rotatable bonds is 5. The highest BCUT2D eigenvalue weighted by molar-refractivity contribution is 5.69. The minimum Gasteiger partial charge on any atom is -0.495 e. The van der Waals surface area contributed by atoms with E-state index in [1.54, 1.807) is 13.4 Å². The number of aryl methyl sites for hydroxylation is 2. The van der Waals surface area contributed by atoms with Crippen molar-refractivity contribution in [2.45, 2.75) is 32.2 Å². The molecule has 3 heterocycles. The zero-order chi connectivity index (χ0) is 22.8. The van der Waals surface area contributed by atoms with Gasteiger partial charge in [-0.05, 0) is 61.2 Å². The van der Waals surface area contributed by atoms with Crippen LogP contribution in [0.2, 0.25) is 0 Å². The third kappa shape index (κ3) is 4.15. The molecule has 0 aliphatic carbocycles. The molecule has 7 heteroatoms. The largest absolute Gasteiger partial charge is 0.495 e. The van der Waals surface area contributed by atoms with E-state index in [0.717, 1.165) is 47.9 Å². The first kappa shape index (κ1) is 20.7. The molecule has 0 amide bonds. The Hall–Kier alpha value is -4.18. The van der Waals surface area contributed by atoms with Crippen LogP contribution in [0.25, 0.3) is 17.8 Å². The lowest BCUT2D eigenvalue weighted by Crippen LogP contribution is -2.17. The molecule has 0 N–H and O–H groups in total. The monoisotopic (exact) mass is 436 g/mol. The maximum absolute atomic E-state index is 9.06. The van der Waals surface area contributed by atoms with Crippen molar-refractivity contribution in [3.8, 4) is 17.5 Å². The van der Waals surface area contributed by atoms with Gasteiger partial charge in [-0.1, -0.05) is 24.3 Å². The van der Waals surface area contributed by atoms with E-state index in [9.17, 15) is 0 Å². The SMILES string of the molecule is COc1cc(C=Cc2nc3n(n2)CCC[C@@H]3c2ccc(C#N)cc2)ccc1-n1cnc(C)c1. The van der Waals surface area contributed by atoms with E-state index >= 15 is 0 Å². The number of nitriles is 1. The Kier molecular flexibility index (Phi) is 5.49. The van der Waals surface area contributed by atoms with Gasteiger partial charge in [0.05, 0.1) is 36.5 Å². The average Bonchev–Trinajstić information content (AvgIpc) is 3.48. The molecule has 4 aromatic rings. The summed E-state index contributed by atoms with van der Waals surface area (Å²) in [4.78, 5) is 9.13. The zero-order valence-corrected chi connectivity index (χ0v) is 18.6. The summed E-state index contributed by atoms with van der Waals surface area (Å²) in [6.45, 7) is 2.83. The van der Waals surface area contributed by atoms with E-state index in [4.69, 9.17) is 20.1 Å². The molecule has 2 aromatic heterocycles. The molecule has 5 rings (SSSR count). The smallest absolute Gasteiger partial charge is 0.174 e. The van der Waals surface area contributed by atoms with E-state index < -0.39 is 0 Å². The Morgan fingerprint density at radius 3 is 2.73 bits per heavy atom. The van der Waals surface area contributed by atoms with Crippen LogP contribution in [0.5, 0.6) is 5.75 Å². The first-order chi connectivity index (χ1) is 16.1. The Labute approximate surface area is 192 Å². The Balaban J connectivity index is 1.40. The van der Waals surface area contributed by atoms with Gasteiger partial charge in [-0.15, -0.1) is 0 Å². The van der Waals surface area contributed by atoms with Crippen molar-refractivity contribution in [2.24, 2.45) is 0 Å². The van der Waals surface area contributed by atoms with Crippen LogP contribution >= 0.6 is 0 Å². The zero-order valence-electron chi connectivity index (χ0n) is 18.6. The van der Waals surface area contributed by atoms with Gasteiger partial charge in [0, 0.05) is 18.7 Å². The van der Waals surface area contributed by atoms with E-state index in [-0.39, 0.29) is 5.92 Å². The highest BCUT2D eigenvalue weighted by atomic mass is 16.5. The molecule has 1 atom stereocenters. The first-order valence-electron chi connectivity index (χ1n) is 11.0. The highest BCUT2D eigenvalue weighted by Gasteiger charge is 2.25. The van der Waals surface area contributed by atoms with Crippen molar-refractivity contribution in [2.75, 3.05) is 7.11 Å². The molecular formula is C26H24N6O. The molecule has 7 nitrogen and oxygen atoms in total. The van der Waals surface area contributed by atoms with Gasteiger partial charge in [0.25, 0.3) is 0 Å². The topological polar surface area (TPSA) is 81.5 Å². The van der Waals surface area contributed by atoms with Crippen molar-refractivity contribution in [3.05, 3.63) is 89.0 Å². The summed E-state index contributed by atoms with van der Waals surface area (Å²) < 4.78 is 9.57. The number of benzene rings is 2. The van der Waals surface area contributed by atoms with Crippen LogP contribution in [0.4, 0.5) is 0 Å². The summed E-state index contributed by atoms with van der Waals surface area (Å²) in [5.74, 6) is 2.64. The Morgan fingerprint density at radius 1 is 1.15 bits per heavy atom. The van der Waals surface area contributed by atoms with Crippen molar-refractivity contribution >= 4 is 12.2 Å². The molecular weight excluding hydrogens is 412 g/mol. The lowest BCUT2D eigenvalue weighted by molar-refractivity contribution is 0.413. The fraction of sp³-hybridized carbons (Fsp3) is 0.231. The summed E-state index contributed by atoms with van der Waals surface area (Å²) in [6.07, 6.45) is 9.78. The van der Waals surface area contributed by atoms with Crippen LogP contribution in [0.3, 0.4) is 0 Å². The van der Waals surface area contributed by atoms with Gasteiger partial charge in [0.15, 0.2) is 5.82 Å². The molecule has 164 valence electrons. The summed E-state index contributed by atoms with van der Waals surface area (Å²) in [7, 11) is 1.67. The van der Waals surface area contributed by atoms with E-state index in [0.29, 0.717) is 11.4 Å². The normalized spacial score (nSPS) is 15.4. The summed E-state index contributed by atoms with van der Waals surface area (Å²) >= 11 is 0. The van der Waals surface area contributed by atoms with Crippen LogP contribution in [0, 0.1) is 18.3 Å². The predicted molar refractivity (Wildman–Crippen MR) is 126 cm³/mol. The summed E-state index contributed by atoms with van der Waals surface area (Å²) in [5.41, 5.74) is 4.74. The van der Waals surface area contributed by atoms with Gasteiger partial charge in [-0.3, -0.25) is 0 Å². The molecule has 0 spiro atoms. The molecule has 0 unspecified atom stereocenters. The fourth-order valence-corrected chi connectivity index (χ4v) is 4.28. The molecule has 0 saturated carbocycles. The van der Waals surface area contributed by atoms with Crippen LogP contribution in [0.15, 0.2) is 55.0 Å². The molecule has 1 aliphatic rings. The molecule has 0 fully saturated rings. The number of imidazole rings is 1. The number of ether oxygens (including phenoxy) is 1. The van der Waals surface area contributed by atoms with Gasteiger partial charge in [-0.25, -0.2) is 14.6 Å². The standard InChI is InChI=1S/C26H24N6O/c1-18-16-31(17-28-18)23-11-7-19(14-24(23)33-2)8-12-25-29-26-22(4-3-13-32(26)30-25)21-9-5-20(15-27)6-10-21/h5-12,14,16-17,22H,3-4,13H2,1-2H3/t22-/m1/s1. The van der Waals surface area contributed by atoms with Gasteiger partial charge >= 0.3 is 0 Å². The second-order valence-corrected chi connectivity index (χ2v) is 8.17. The van der Waals surface area contributed by atoms with E-state index in [1.165, 1.54) is 5.56 Å². The van der Waals surface area contributed by atoms with Crippen LogP contribution < -0.4 is 4.74 Å². The summed E-state index contributed by atoms with van der Waals surface area (Å²) in [5, 5.41) is 13.8. The number of methoxy groups -OCH3 is 1. The number of aromatic nitrogens is 5. The number of hydrogen-bond donors (Lipinski definition) is 0. The maximum Gasteiger partial charge on any atom is 0.174 e. The minimum absolute atomic E-state index is 0.194. The van der Waals surface area contributed by atoms with Gasteiger partial charge in [-0.2, -0.15) is 10.4 Å². The van der Waals surface area contributed by atoms with E-state index in [1.807, 2.05) is 77.0 Å². The molecule has 0 radical (unpaired) electrons. The quantitative estimate of drug-likeness (QED) is 0.451. The maximum atomic E-state index is 9.06. The second-order valence-electron chi connectivity index (χ2n) is 8.17. The van der Waals surface area contributed by atoms with Crippen molar-refractivity contribution in [1.82, 2.24) is 24.3 Å². The van der Waals surface area contributed by atoms with Crippen molar-refractivity contribution < 1.29 is 4.74 Å². The van der Waals surface area contributed by atoms with Crippen molar-refractivity contribution in [1.29, 1.82) is 5.26 Å². The third-order valence-corrected chi connectivity index (χ3v) is 5.95. The van der Waals surface area contributed by atoms with Crippen molar-refractivity contribution in [3.63, 3.8) is 0 Å². The average molecular weight is 437 g/mol. The number of hydrogen-bond acceptors (Lipinski definition) is 5. The number of nitrogens with zero attached hydrogens (tertiary/aromatic N) is 6. The second kappa shape index (κ2) is 8.75. The van der Waals surface area contributed by atoms with Gasteiger partial charge in [0.1, 0.15) is 11.6 Å².